The summed E-state index contributed by atoms with van der Waals surface area (Å²) < 4.78 is 5.10. The van der Waals surface area contributed by atoms with Crippen molar-refractivity contribution in [1.82, 2.24) is 4.98 Å². The molecular weight excluding hydrogens is 212 g/mol. The Hall–Kier alpha value is -1.25. The van der Waals surface area contributed by atoms with E-state index in [9.17, 15) is 0 Å². The number of hydrogen-bond acceptors (Lipinski definition) is 3. The molecule has 0 aliphatic heterocycles. The molecule has 1 saturated carbocycles. The van der Waals surface area contributed by atoms with Crippen molar-refractivity contribution in [2.45, 2.75) is 45.6 Å². The molecular formula is C14H22N2O. The van der Waals surface area contributed by atoms with Gasteiger partial charge in [0, 0.05) is 6.04 Å². The molecule has 1 aromatic heterocycles. The number of rotatable bonds is 3. The summed E-state index contributed by atoms with van der Waals surface area (Å²) in [5.74, 6) is 1.76. The molecule has 1 fully saturated rings. The Kier molecular flexibility index (Phi) is 3.55. The number of methoxy groups -OCH3 is 1. The summed E-state index contributed by atoms with van der Waals surface area (Å²) in [7, 11) is 1.66. The smallest absolute Gasteiger partial charge is 0.137 e. The zero-order valence-corrected chi connectivity index (χ0v) is 11.0. The molecule has 0 saturated heterocycles. The average molecular weight is 234 g/mol. The molecule has 0 spiro atoms. The molecule has 1 heterocycles. The molecule has 17 heavy (non-hydrogen) atoms. The molecule has 3 nitrogen and oxygen atoms in total. The number of nitrogens with zero attached hydrogens (tertiary/aromatic N) is 1. The minimum atomic E-state index is 0.461. The second-order valence-electron chi connectivity index (χ2n) is 5.69. The zero-order valence-electron chi connectivity index (χ0n) is 11.0. The van der Waals surface area contributed by atoms with Gasteiger partial charge in [-0.1, -0.05) is 20.3 Å². The summed E-state index contributed by atoms with van der Waals surface area (Å²) in [4.78, 5) is 4.36. The average Bonchev–Trinajstić information content (AvgIpc) is 2.29. The van der Waals surface area contributed by atoms with Crippen LogP contribution < -0.4 is 10.1 Å². The van der Waals surface area contributed by atoms with E-state index in [1.54, 1.807) is 13.3 Å². The SMILES string of the molecule is COc1ccc(NC2CCCC(C)(C)C2)nc1. The highest BCUT2D eigenvalue weighted by Crippen LogP contribution is 2.36. The van der Waals surface area contributed by atoms with E-state index in [1.165, 1.54) is 25.7 Å². The maximum atomic E-state index is 5.10. The van der Waals surface area contributed by atoms with Crippen LogP contribution in [-0.4, -0.2) is 18.1 Å². The number of hydrogen-bond donors (Lipinski definition) is 1. The predicted octanol–water partition coefficient (Wildman–Crippen LogP) is 3.47. The Balaban J connectivity index is 1.95. The maximum absolute atomic E-state index is 5.10. The fourth-order valence-corrected chi connectivity index (χ4v) is 2.62. The third-order valence-electron chi connectivity index (χ3n) is 3.53. The molecule has 1 aromatic rings. The van der Waals surface area contributed by atoms with Gasteiger partial charge in [-0.2, -0.15) is 0 Å². The van der Waals surface area contributed by atoms with Crippen LogP contribution in [0.1, 0.15) is 39.5 Å². The van der Waals surface area contributed by atoms with Gasteiger partial charge in [-0.05, 0) is 36.8 Å². The molecule has 0 bridgehead atoms. The van der Waals surface area contributed by atoms with Gasteiger partial charge in [-0.25, -0.2) is 4.98 Å². The van der Waals surface area contributed by atoms with Crippen LogP contribution in [0, 0.1) is 5.41 Å². The molecule has 94 valence electrons. The van der Waals surface area contributed by atoms with Gasteiger partial charge in [0.05, 0.1) is 13.3 Å². The fraction of sp³-hybridized carbons (Fsp3) is 0.643. The van der Waals surface area contributed by atoms with Gasteiger partial charge in [0.2, 0.25) is 0 Å². The lowest BCUT2D eigenvalue weighted by Gasteiger charge is -2.35. The quantitative estimate of drug-likeness (QED) is 0.869. The number of pyridine rings is 1. The van der Waals surface area contributed by atoms with Crippen LogP contribution in [-0.2, 0) is 0 Å². The van der Waals surface area contributed by atoms with Gasteiger partial charge in [-0.3, -0.25) is 0 Å². The standard InChI is InChI=1S/C14H22N2O/c1-14(2)8-4-5-11(9-14)16-13-7-6-12(17-3)10-15-13/h6-7,10-11H,4-5,8-9H2,1-3H3,(H,15,16). The van der Waals surface area contributed by atoms with E-state index in [0.29, 0.717) is 11.5 Å². The Bertz CT molecular complexity index is 359. The molecule has 0 amide bonds. The minimum absolute atomic E-state index is 0.461. The zero-order chi connectivity index (χ0) is 12.3. The Morgan fingerprint density at radius 1 is 1.41 bits per heavy atom. The molecule has 1 unspecified atom stereocenters. The third-order valence-corrected chi connectivity index (χ3v) is 3.53. The first-order valence-corrected chi connectivity index (χ1v) is 6.36. The largest absolute Gasteiger partial charge is 0.495 e. The van der Waals surface area contributed by atoms with E-state index in [2.05, 4.69) is 24.1 Å². The monoisotopic (exact) mass is 234 g/mol. The van der Waals surface area contributed by atoms with Crippen molar-refractivity contribution < 1.29 is 4.74 Å². The molecule has 1 atom stereocenters. The molecule has 1 aliphatic carbocycles. The third kappa shape index (κ3) is 3.35. The van der Waals surface area contributed by atoms with Gasteiger partial charge >= 0.3 is 0 Å². The van der Waals surface area contributed by atoms with Gasteiger partial charge in [0.15, 0.2) is 0 Å². The Morgan fingerprint density at radius 2 is 2.24 bits per heavy atom. The van der Waals surface area contributed by atoms with Crippen LogP contribution >= 0.6 is 0 Å². The van der Waals surface area contributed by atoms with Crippen molar-refractivity contribution in [3.05, 3.63) is 18.3 Å². The number of aromatic nitrogens is 1. The molecule has 2 rings (SSSR count). The van der Waals surface area contributed by atoms with Gasteiger partial charge in [0.25, 0.3) is 0 Å². The van der Waals surface area contributed by atoms with Gasteiger partial charge in [0.1, 0.15) is 11.6 Å². The number of nitrogens with one attached hydrogen (secondary N) is 1. The Labute approximate surface area is 104 Å². The fourth-order valence-electron chi connectivity index (χ4n) is 2.62. The summed E-state index contributed by atoms with van der Waals surface area (Å²) in [6.45, 7) is 4.70. The van der Waals surface area contributed by atoms with Crippen molar-refractivity contribution in [1.29, 1.82) is 0 Å². The van der Waals surface area contributed by atoms with Crippen molar-refractivity contribution >= 4 is 5.82 Å². The highest BCUT2D eigenvalue weighted by molar-refractivity contribution is 5.38. The first-order valence-electron chi connectivity index (χ1n) is 6.36. The summed E-state index contributed by atoms with van der Waals surface area (Å²) in [6.07, 6.45) is 6.87. The first-order chi connectivity index (χ1) is 8.09. The van der Waals surface area contributed by atoms with Crippen molar-refractivity contribution in [2.75, 3.05) is 12.4 Å². The molecule has 0 aromatic carbocycles. The van der Waals surface area contributed by atoms with E-state index in [1.807, 2.05) is 12.1 Å². The van der Waals surface area contributed by atoms with Crippen LogP contribution in [0.25, 0.3) is 0 Å². The van der Waals surface area contributed by atoms with Crippen molar-refractivity contribution in [2.24, 2.45) is 5.41 Å². The highest BCUT2D eigenvalue weighted by Gasteiger charge is 2.27. The minimum Gasteiger partial charge on any atom is -0.495 e. The number of anilines is 1. The van der Waals surface area contributed by atoms with Gasteiger partial charge in [-0.15, -0.1) is 0 Å². The molecule has 1 aliphatic rings. The summed E-state index contributed by atoms with van der Waals surface area (Å²) in [5, 5.41) is 3.52. The van der Waals surface area contributed by atoms with E-state index in [0.717, 1.165) is 11.6 Å². The normalized spacial score (nSPS) is 23.1. The lowest BCUT2D eigenvalue weighted by Crippen LogP contribution is -2.31. The molecule has 0 radical (unpaired) electrons. The van der Waals surface area contributed by atoms with E-state index in [4.69, 9.17) is 4.74 Å². The second kappa shape index (κ2) is 4.94. The van der Waals surface area contributed by atoms with Crippen LogP contribution in [0.2, 0.25) is 0 Å². The Morgan fingerprint density at radius 3 is 2.82 bits per heavy atom. The molecule has 3 heteroatoms. The van der Waals surface area contributed by atoms with Crippen molar-refractivity contribution in [3.8, 4) is 5.75 Å². The summed E-state index contributed by atoms with van der Waals surface area (Å²) in [6, 6.07) is 4.49. The lowest BCUT2D eigenvalue weighted by atomic mass is 9.75. The summed E-state index contributed by atoms with van der Waals surface area (Å²) in [5.41, 5.74) is 0.461. The first kappa shape index (κ1) is 12.2. The van der Waals surface area contributed by atoms with E-state index >= 15 is 0 Å². The van der Waals surface area contributed by atoms with Crippen LogP contribution in [0.5, 0.6) is 5.75 Å². The maximum Gasteiger partial charge on any atom is 0.137 e. The molecule has 1 N–H and O–H groups in total. The van der Waals surface area contributed by atoms with E-state index in [-0.39, 0.29) is 0 Å². The van der Waals surface area contributed by atoms with Crippen LogP contribution in [0.15, 0.2) is 18.3 Å². The second-order valence-corrected chi connectivity index (χ2v) is 5.69. The van der Waals surface area contributed by atoms with Crippen LogP contribution in [0.3, 0.4) is 0 Å². The van der Waals surface area contributed by atoms with Crippen LogP contribution in [0.4, 0.5) is 5.82 Å². The topological polar surface area (TPSA) is 34.1 Å². The number of ether oxygens (including phenoxy) is 1. The van der Waals surface area contributed by atoms with Crippen molar-refractivity contribution in [3.63, 3.8) is 0 Å². The lowest BCUT2D eigenvalue weighted by molar-refractivity contribution is 0.229. The van der Waals surface area contributed by atoms with E-state index < -0.39 is 0 Å². The van der Waals surface area contributed by atoms with Gasteiger partial charge < -0.3 is 10.1 Å². The summed E-state index contributed by atoms with van der Waals surface area (Å²) >= 11 is 0. The highest BCUT2D eigenvalue weighted by atomic mass is 16.5. The predicted molar refractivity (Wildman–Crippen MR) is 70.4 cm³/mol.